The van der Waals surface area contributed by atoms with Crippen LogP contribution in [0.4, 0.5) is 0 Å². The number of nitrogens with one attached hydrogen (secondary N) is 2. The molecule has 0 aliphatic rings. The van der Waals surface area contributed by atoms with Gasteiger partial charge in [-0.15, -0.1) is 0 Å². The van der Waals surface area contributed by atoms with Crippen LogP contribution in [0.15, 0.2) is 56.6 Å². The number of rotatable bonds is 6. The fourth-order valence-corrected chi connectivity index (χ4v) is 2.47. The van der Waals surface area contributed by atoms with E-state index in [4.69, 9.17) is 9.15 Å². The van der Waals surface area contributed by atoms with E-state index in [0.717, 1.165) is 16.0 Å². The highest BCUT2D eigenvalue weighted by Crippen LogP contribution is 2.23. The number of H-pyrrole nitrogens is 1. The Morgan fingerprint density at radius 3 is 2.78 bits per heavy atom. The first-order valence-electron chi connectivity index (χ1n) is 8.15. The number of aromatic amines is 1. The maximum absolute atomic E-state index is 12.0. The Morgan fingerprint density at radius 1 is 1.26 bits per heavy atom. The van der Waals surface area contributed by atoms with Crippen molar-refractivity contribution >= 4 is 22.8 Å². The Kier molecular flexibility index (Phi) is 5.20. The molecule has 3 aromatic rings. The van der Waals surface area contributed by atoms with Crippen molar-refractivity contribution < 1.29 is 18.7 Å². The normalized spacial score (nSPS) is 11.9. The number of benzene rings is 1. The van der Waals surface area contributed by atoms with Crippen LogP contribution >= 0.6 is 0 Å². The lowest BCUT2D eigenvalue weighted by Gasteiger charge is -2.11. The van der Waals surface area contributed by atoms with Gasteiger partial charge in [-0.05, 0) is 19.1 Å². The molecule has 1 atom stereocenters. The number of ether oxygens (including phenoxy) is 1. The molecule has 2 aromatic heterocycles. The van der Waals surface area contributed by atoms with Crippen molar-refractivity contribution in [1.29, 1.82) is 0 Å². The molecule has 27 heavy (non-hydrogen) atoms. The summed E-state index contributed by atoms with van der Waals surface area (Å²) in [6.45, 7) is 0.834. The third kappa shape index (κ3) is 4.51. The summed E-state index contributed by atoms with van der Waals surface area (Å²) in [6.07, 6.45) is 1.17. The third-order valence-corrected chi connectivity index (χ3v) is 3.81. The molecule has 0 fully saturated rings. The van der Waals surface area contributed by atoms with E-state index in [0.29, 0.717) is 11.3 Å². The zero-order valence-corrected chi connectivity index (χ0v) is 14.4. The lowest BCUT2D eigenvalue weighted by molar-refractivity contribution is -0.149. The number of hydrogen-bond acceptors (Lipinski definition) is 6. The second-order valence-corrected chi connectivity index (χ2v) is 5.87. The van der Waals surface area contributed by atoms with Gasteiger partial charge < -0.3 is 14.5 Å². The van der Waals surface area contributed by atoms with Crippen molar-refractivity contribution in [2.45, 2.75) is 19.5 Å². The highest BCUT2D eigenvalue weighted by atomic mass is 16.5. The fraction of sp³-hybridized carbons (Fsp3) is 0.222. The van der Waals surface area contributed by atoms with Crippen LogP contribution in [0.3, 0.4) is 0 Å². The van der Waals surface area contributed by atoms with Crippen LogP contribution in [-0.4, -0.2) is 28.0 Å². The van der Waals surface area contributed by atoms with E-state index >= 15 is 0 Å². The maximum Gasteiger partial charge on any atom is 0.328 e. The second kappa shape index (κ2) is 7.73. The Bertz CT molecular complexity index is 1060. The maximum atomic E-state index is 12.0. The molecule has 1 amide bonds. The Hall–Kier alpha value is -3.62. The van der Waals surface area contributed by atoms with E-state index < -0.39 is 42.3 Å². The molecule has 0 unspecified atom stereocenters. The van der Waals surface area contributed by atoms with Crippen LogP contribution < -0.4 is 16.6 Å². The summed E-state index contributed by atoms with van der Waals surface area (Å²) < 4.78 is 11.5. The van der Waals surface area contributed by atoms with Gasteiger partial charge in [-0.3, -0.25) is 23.9 Å². The predicted molar refractivity (Wildman–Crippen MR) is 95.1 cm³/mol. The van der Waals surface area contributed by atoms with E-state index in [1.807, 2.05) is 35.3 Å². The second-order valence-electron chi connectivity index (χ2n) is 5.87. The molecule has 0 aliphatic carbocycles. The third-order valence-electron chi connectivity index (χ3n) is 3.81. The van der Waals surface area contributed by atoms with Gasteiger partial charge >= 0.3 is 11.7 Å². The number of nitrogens with zero attached hydrogens (tertiary/aromatic N) is 1. The monoisotopic (exact) mass is 371 g/mol. The number of para-hydroxylation sites is 1. The standard InChI is InChI=1S/C18H17N3O6/c1-11(14-8-12-4-2-3-5-13(12)27-14)19-16(23)10-26-17(24)9-21-7-6-15(22)20-18(21)25/h2-8,11H,9-10H2,1H3,(H,19,23)(H,20,22,25)/t11-/m0/s1. The number of aromatic nitrogens is 2. The molecule has 0 saturated carbocycles. The minimum atomic E-state index is -0.782. The topological polar surface area (TPSA) is 123 Å². The van der Waals surface area contributed by atoms with Gasteiger partial charge in [-0.2, -0.15) is 0 Å². The van der Waals surface area contributed by atoms with Gasteiger partial charge in [0.05, 0.1) is 6.04 Å². The van der Waals surface area contributed by atoms with E-state index in [1.54, 1.807) is 6.92 Å². The molecule has 1 aromatic carbocycles. The van der Waals surface area contributed by atoms with Gasteiger partial charge in [0.1, 0.15) is 17.9 Å². The molecule has 2 heterocycles. The average molecular weight is 371 g/mol. The Morgan fingerprint density at radius 2 is 2.04 bits per heavy atom. The molecule has 0 bridgehead atoms. The summed E-state index contributed by atoms with van der Waals surface area (Å²) in [5.74, 6) is -0.712. The summed E-state index contributed by atoms with van der Waals surface area (Å²) in [5.41, 5.74) is -0.586. The smallest absolute Gasteiger partial charge is 0.328 e. The molecule has 0 spiro atoms. The number of furan rings is 1. The molecule has 2 N–H and O–H groups in total. The number of carbonyl (C=O) groups is 2. The highest BCUT2D eigenvalue weighted by Gasteiger charge is 2.15. The van der Waals surface area contributed by atoms with E-state index in [-0.39, 0.29) is 0 Å². The van der Waals surface area contributed by atoms with E-state index in [9.17, 15) is 19.2 Å². The minimum Gasteiger partial charge on any atom is -0.459 e. The molecular weight excluding hydrogens is 354 g/mol. The minimum absolute atomic E-state index is 0.412. The molecule has 9 nitrogen and oxygen atoms in total. The summed E-state index contributed by atoms with van der Waals surface area (Å²) in [5, 5.41) is 3.59. The Labute approximate surface area is 152 Å². The largest absolute Gasteiger partial charge is 0.459 e. The molecule has 140 valence electrons. The van der Waals surface area contributed by atoms with E-state index in [1.165, 1.54) is 6.20 Å². The zero-order valence-electron chi connectivity index (χ0n) is 14.4. The van der Waals surface area contributed by atoms with E-state index in [2.05, 4.69) is 5.32 Å². The van der Waals surface area contributed by atoms with Gasteiger partial charge in [0.15, 0.2) is 6.61 Å². The summed E-state index contributed by atoms with van der Waals surface area (Å²) >= 11 is 0. The van der Waals surface area contributed by atoms with Gasteiger partial charge in [-0.25, -0.2) is 4.79 Å². The van der Waals surface area contributed by atoms with Gasteiger partial charge in [0.2, 0.25) is 0 Å². The lowest BCUT2D eigenvalue weighted by Crippen LogP contribution is -2.34. The lowest BCUT2D eigenvalue weighted by atomic mass is 10.2. The zero-order chi connectivity index (χ0) is 19.4. The van der Waals surface area contributed by atoms with Crippen molar-refractivity contribution in [3.8, 4) is 0 Å². The summed E-state index contributed by atoms with van der Waals surface area (Å²) in [7, 11) is 0. The van der Waals surface area contributed by atoms with Crippen molar-refractivity contribution in [1.82, 2.24) is 14.9 Å². The SMILES string of the molecule is C[C@H](NC(=O)COC(=O)Cn1ccc(=O)[nH]c1=O)c1cc2ccccc2o1. The van der Waals surface area contributed by atoms with Crippen molar-refractivity contribution in [3.05, 3.63) is 69.2 Å². The predicted octanol–water partition coefficient (Wildman–Crippen LogP) is 0.703. The first-order chi connectivity index (χ1) is 12.9. The molecule has 0 aliphatic heterocycles. The van der Waals surface area contributed by atoms with Crippen LogP contribution in [0.25, 0.3) is 11.0 Å². The fourth-order valence-electron chi connectivity index (χ4n) is 2.47. The average Bonchev–Trinajstić information content (AvgIpc) is 3.07. The number of amides is 1. The molecule has 0 saturated heterocycles. The van der Waals surface area contributed by atoms with Gasteiger partial charge in [0.25, 0.3) is 11.5 Å². The van der Waals surface area contributed by atoms with Crippen LogP contribution in [0, 0.1) is 0 Å². The van der Waals surface area contributed by atoms with Crippen LogP contribution in [0.2, 0.25) is 0 Å². The quantitative estimate of drug-likeness (QED) is 0.615. The van der Waals surface area contributed by atoms with Crippen LogP contribution in [0.5, 0.6) is 0 Å². The number of esters is 1. The summed E-state index contributed by atoms with van der Waals surface area (Å²) in [6, 6.07) is 9.99. The highest BCUT2D eigenvalue weighted by molar-refractivity contribution is 5.81. The molecule has 3 rings (SSSR count). The number of hydrogen-bond donors (Lipinski definition) is 2. The molecular formula is C18H17N3O6. The number of carbonyl (C=O) groups excluding carboxylic acids is 2. The van der Waals surface area contributed by atoms with Crippen LogP contribution in [0.1, 0.15) is 18.7 Å². The summed E-state index contributed by atoms with van der Waals surface area (Å²) in [4.78, 5) is 48.2. The van der Waals surface area contributed by atoms with Gasteiger partial charge in [0, 0.05) is 17.6 Å². The van der Waals surface area contributed by atoms with Crippen molar-refractivity contribution in [2.24, 2.45) is 0 Å². The molecule has 9 heteroatoms. The van der Waals surface area contributed by atoms with Gasteiger partial charge in [-0.1, -0.05) is 18.2 Å². The van der Waals surface area contributed by atoms with Crippen molar-refractivity contribution in [3.63, 3.8) is 0 Å². The first-order valence-corrected chi connectivity index (χ1v) is 8.15. The first kappa shape index (κ1) is 18.2. The Balaban J connectivity index is 1.52. The number of fused-ring (bicyclic) bond motifs is 1. The van der Waals surface area contributed by atoms with Crippen molar-refractivity contribution in [2.75, 3.05) is 6.61 Å². The molecule has 0 radical (unpaired) electrons. The van der Waals surface area contributed by atoms with Crippen LogP contribution in [-0.2, 0) is 20.9 Å².